The molecule has 1 atom stereocenters. The molecule has 1 unspecified atom stereocenters. The smallest absolute Gasteiger partial charge is 0.0625 e. The lowest BCUT2D eigenvalue weighted by Crippen LogP contribution is -2.04. The fraction of sp³-hybridized carbons (Fsp3) is 0.444. The van der Waals surface area contributed by atoms with Gasteiger partial charge in [0.15, 0.2) is 0 Å². The molecule has 0 aromatic carbocycles. The molecule has 0 N–H and O–H groups in total. The Kier molecular flexibility index (Phi) is 2.74. The molecule has 1 heterocycles. The van der Waals surface area contributed by atoms with Crippen molar-refractivity contribution < 1.29 is 0 Å². The molecule has 0 aliphatic rings. The van der Waals surface area contributed by atoms with E-state index in [2.05, 4.69) is 17.6 Å². The van der Waals surface area contributed by atoms with Gasteiger partial charge in [0.2, 0.25) is 0 Å². The molecular weight excluding hydrogens is 136 g/mol. The number of hydrogen-bond acceptors (Lipinski definition) is 1. The van der Waals surface area contributed by atoms with Crippen molar-refractivity contribution in [1.29, 1.82) is 5.26 Å². The number of rotatable bonds is 3. The summed E-state index contributed by atoms with van der Waals surface area (Å²) in [5.41, 5.74) is 0. The van der Waals surface area contributed by atoms with E-state index in [0.717, 1.165) is 6.54 Å². The van der Waals surface area contributed by atoms with Gasteiger partial charge in [0.05, 0.1) is 6.07 Å². The van der Waals surface area contributed by atoms with Crippen LogP contribution in [0.25, 0.3) is 0 Å². The fourth-order valence-electron chi connectivity index (χ4n) is 1.07. The zero-order valence-corrected chi connectivity index (χ0v) is 6.70. The minimum atomic E-state index is 0.451. The number of nitrogens with zero attached hydrogens (tertiary/aromatic N) is 2. The molecule has 0 aliphatic heterocycles. The zero-order valence-electron chi connectivity index (χ0n) is 6.70. The average molecular weight is 148 g/mol. The van der Waals surface area contributed by atoms with Gasteiger partial charge in [-0.1, -0.05) is 6.92 Å². The van der Waals surface area contributed by atoms with Crippen LogP contribution in [0.15, 0.2) is 24.5 Å². The predicted molar refractivity (Wildman–Crippen MR) is 43.8 cm³/mol. The summed E-state index contributed by atoms with van der Waals surface area (Å²) in [6, 6.07) is 6.16. The van der Waals surface area contributed by atoms with Gasteiger partial charge < -0.3 is 4.57 Å². The van der Waals surface area contributed by atoms with Gasteiger partial charge in [-0.2, -0.15) is 5.26 Å². The van der Waals surface area contributed by atoms with Gasteiger partial charge in [0, 0.05) is 25.4 Å². The highest BCUT2D eigenvalue weighted by molar-refractivity contribution is 4.90. The van der Waals surface area contributed by atoms with Gasteiger partial charge in [-0.25, -0.2) is 0 Å². The Balaban J connectivity index is 2.38. The van der Waals surface area contributed by atoms with E-state index in [1.807, 2.05) is 24.5 Å². The first-order valence-electron chi connectivity index (χ1n) is 3.80. The second-order valence-electron chi connectivity index (χ2n) is 2.85. The molecule has 0 amide bonds. The Morgan fingerprint density at radius 3 is 2.64 bits per heavy atom. The van der Waals surface area contributed by atoms with Gasteiger partial charge >= 0.3 is 0 Å². The Hall–Kier alpha value is -1.23. The summed E-state index contributed by atoms with van der Waals surface area (Å²) in [6.45, 7) is 3.03. The Labute approximate surface area is 67.1 Å². The van der Waals surface area contributed by atoms with E-state index < -0.39 is 0 Å². The predicted octanol–water partition coefficient (Wildman–Crippen LogP) is 2.04. The monoisotopic (exact) mass is 148 g/mol. The molecule has 11 heavy (non-hydrogen) atoms. The van der Waals surface area contributed by atoms with Crippen molar-refractivity contribution in [2.24, 2.45) is 5.92 Å². The summed E-state index contributed by atoms with van der Waals surface area (Å²) in [7, 11) is 0. The van der Waals surface area contributed by atoms with E-state index in [9.17, 15) is 0 Å². The quantitative estimate of drug-likeness (QED) is 0.644. The van der Waals surface area contributed by atoms with E-state index in [1.165, 1.54) is 0 Å². The molecule has 0 saturated heterocycles. The summed E-state index contributed by atoms with van der Waals surface area (Å²) in [5, 5.41) is 8.41. The maximum absolute atomic E-state index is 8.41. The van der Waals surface area contributed by atoms with Crippen molar-refractivity contribution in [3.05, 3.63) is 24.5 Å². The fourth-order valence-corrected chi connectivity index (χ4v) is 1.07. The first kappa shape index (κ1) is 7.87. The average Bonchev–Trinajstić information content (AvgIpc) is 2.40. The summed E-state index contributed by atoms with van der Waals surface area (Å²) in [6.07, 6.45) is 4.68. The molecule has 2 nitrogen and oxygen atoms in total. The van der Waals surface area contributed by atoms with Crippen LogP contribution in [-0.2, 0) is 6.54 Å². The van der Waals surface area contributed by atoms with Crippen LogP contribution in [0.5, 0.6) is 0 Å². The molecule has 0 bridgehead atoms. The Bertz CT molecular complexity index is 231. The molecule has 58 valence electrons. The Morgan fingerprint density at radius 2 is 2.09 bits per heavy atom. The van der Waals surface area contributed by atoms with Crippen LogP contribution in [-0.4, -0.2) is 4.57 Å². The first-order chi connectivity index (χ1) is 5.33. The maximum Gasteiger partial charge on any atom is 0.0625 e. The molecule has 0 fully saturated rings. The zero-order chi connectivity index (χ0) is 8.10. The van der Waals surface area contributed by atoms with Crippen LogP contribution >= 0.6 is 0 Å². The summed E-state index contributed by atoms with van der Waals surface area (Å²) < 4.78 is 2.10. The first-order valence-corrected chi connectivity index (χ1v) is 3.80. The van der Waals surface area contributed by atoms with E-state index >= 15 is 0 Å². The number of aromatic nitrogens is 1. The number of hydrogen-bond donors (Lipinski definition) is 0. The van der Waals surface area contributed by atoms with Crippen molar-refractivity contribution in [3.8, 4) is 6.07 Å². The Morgan fingerprint density at radius 1 is 1.45 bits per heavy atom. The highest BCUT2D eigenvalue weighted by Gasteiger charge is 2.00. The third-order valence-corrected chi connectivity index (χ3v) is 1.63. The minimum Gasteiger partial charge on any atom is -0.354 e. The van der Waals surface area contributed by atoms with E-state index in [1.54, 1.807) is 0 Å². The second-order valence-corrected chi connectivity index (χ2v) is 2.85. The number of nitriles is 1. The van der Waals surface area contributed by atoms with Crippen molar-refractivity contribution in [2.75, 3.05) is 0 Å². The molecule has 1 rings (SSSR count). The topological polar surface area (TPSA) is 28.7 Å². The molecule has 1 aromatic rings. The third-order valence-electron chi connectivity index (χ3n) is 1.63. The van der Waals surface area contributed by atoms with Gasteiger partial charge in [-0.05, 0) is 18.1 Å². The van der Waals surface area contributed by atoms with Crippen molar-refractivity contribution >= 4 is 0 Å². The molecule has 1 aromatic heterocycles. The molecule has 0 radical (unpaired) electrons. The van der Waals surface area contributed by atoms with Crippen LogP contribution in [0, 0.1) is 17.2 Å². The van der Waals surface area contributed by atoms with Gasteiger partial charge in [-0.15, -0.1) is 0 Å². The molecule has 0 aliphatic carbocycles. The third kappa shape index (κ3) is 2.46. The van der Waals surface area contributed by atoms with Crippen molar-refractivity contribution in [1.82, 2.24) is 4.57 Å². The summed E-state index contributed by atoms with van der Waals surface area (Å²) >= 11 is 0. The second kappa shape index (κ2) is 3.82. The van der Waals surface area contributed by atoms with Crippen LogP contribution in [0.3, 0.4) is 0 Å². The van der Waals surface area contributed by atoms with Crippen LogP contribution in [0.4, 0.5) is 0 Å². The maximum atomic E-state index is 8.41. The van der Waals surface area contributed by atoms with Crippen molar-refractivity contribution in [3.63, 3.8) is 0 Å². The minimum absolute atomic E-state index is 0.451. The summed E-state index contributed by atoms with van der Waals surface area (Å²) in [4.78, 5) is 0. The lowest BCUT2D eigenvalue weighted by Gasteiger charge is -2.07. The molecule has 0 spiro atoms. The van der Waals surface area contributed by atoms with Crippen molar-refractivity contribution in [2.45, 2.75) is 19.9 Å². The standard InChI is InChI=1S/C9H12N2/c1-9(4-5-10)8-11-6-2-3-7-11/h2-3,6-7,9H,4,8H2,1H3. The largest absolute Gasteiger partial charge is 0.354 e. The SMILES string of the molecule is CC(CC#N)Cn1cccc1. The van der Waals surface area contributed by atoms with Gasteiger partial charge in [0.1, 0.15) is 0 Å². The highest BCUT2D eigenvalue weighted by atomic mass is 14.9. The normalized spacial score (nSPS) is 12.4. The van der Waals surface area contributed by atoms with E-state index in [0.29, 0.717) is 12.3 Å². The van der Waals surface area contributed by atoms with E-state index in [-0.39, 0.29) is 0 Å². The van der Waals surface area contributed by atoms with Gasteiger partial charge in [0.25, 0.3) is 0 Å². The lowest BCUT2D eigenvalue weighted by atomic mass is 10.1. The van der Waals surface area contributed by atoms with Crippen LogP contribution < -0.4 is 0 Å². The summed E-state index contributed by atoms with van der Waals surface area (Å²) in [5.74, 6) is 0.451. The van der Waals surface area contributed by atoms with E-state index in [4.69, 9.17) is 5.26 Å². The lowest BCUT2D eigenvalue weighted by molar-refractivity contribution is 0.493. The molecule has 0 saturated carbocycles. The highest BCUT2D eigenvalue weighted by Crippen LogP contribution is 2.04. The van der Waals surface area contributed by atoms with Crippen LogP contribution in [0.1, 0.15) is 13.3 Å². The molecular formula is C9H12N2. The van der Waals surface area contributed by atoms with Crippen LogP contribution in [0.2, 0.25) is 0 Å². The molecule has 2 heteroatoms. The van der Waals surface area contributed by atoms with Gasteiger partial charge in [-0.3, -0.25) is 0 Å².